The fraction of sp³-hybridized carbons (Fsp3) is 0.200. The van der Waals surface area contributed by atoms with Crippen LogP contribution in [0.15, 0.2) is 24.3 Å². The van der Waals surface area contributed by atoms with Crippen LogP contribution in [0.5, 0.6) is 0 Å². The molecule has 0 aliphatic carbocycles. The quantitative estimate of drug-likeness (QED) is 0.452. The third kappa shape index (κ3) is 10.2. The van der Waals surface area contributed by atoms with E-state index in [4.69, 9.17) is 0 Å². The third-order valence-corrected chi connectivity index (χ3v) is 1.36. The summed E-state index contributed by atoms with van der Waals surface area (Å²) in [7, 11) is 7.25. The summed E-state index contributed by atoms with van der Waals surface area (Å²) in [5.41, 5.74) is 0.954. The van der Waals surface area contributed by atoms with Gasteiger partial charge in [0.25, 0.3) is 0 Å². The van der Waals surface area contributed by atoms with E-state index in [1.165, 1.54) is 14.3 Å². The first-order valence-electron chi connectivity index (χ1n) is 4.09. The van der Waals surface area contributed by atoms with E-state index in [2.05, 4.69) is 25.4 Å². The van der Waals surface area contributed by atoms with Crippen LogP contribution in [0.4, 0.5) is 0 Å². The Balaban J connectivity index is 0. The van der Waals surface area contributed by atoms with Gasteiger partial charge in [-0.3, -0.25) is 4.79 Å². The average Bonchev–Trinajstić information content (AvgIpc) is 2.20. The summed E-state index contributed by atoms with van der Waals surface area (Å²) in [6.45, 7) is 3.14. The van der Waals surface area contributed by atoms with E-state index in [1.54, 1.807) is 12.1 Å². The maximum absolute atomic E-state index is 10.7. The van der Waals surface area contributed by atoms with Crippen molar-refractivity contribution in [2.75, 3.05) is 7.11 Å². The molecule has 1 aromatic carbocycles. The fourth-order valence-corrected chi connectivity index (χ4v) is 0.778. The van der Waals surface area contributed by atoms with Crippen LogP contribution >= 0.6 is 0 Å². The second-order valence-corrected chi connectivity index (χ2v) is 2.40. The topological polar surface area (TPSA) is 26.3 Å². The van der Waals surface area contributed by atoms with Crippen molar-refractivity contribution in [1.29, 1.82) is 0 Å². The normalized spacial score (nSPS) is 7.60. The van der Waals surface area contributed by atoms with Crippen LogP contribution in [0.1, 0.15) is 5.56 Å². The van der Waals surface area contributed by atoms with Gasteiger partial charge in [-0.2, -0.15) is 37.5 Å². The largest absolute Gasteiger partial charge is 0.469 e. The monoisotopic (exact) mass is 274 g/mol. The van der Waals surface area contributed by atoms with Gasteiger partial charge in [-0.25, -0.2) is 0 Å². The summed E-state index contributed by atoms with van der Waals surface area (Å²) < 4.78 is 4.50. The summed E-state index contributed by atoms with van der Waals surface area (Å²) in [6, 6.07) is 10.1. The predicted octanol–water partition coefficient (Wildman–Crippen LogP) is 0.765. The Bertz CT molecular complexity index is 255. The first kappa shape index (κ1) is 17.3. The Morgan fingerprint density at radius 3 is 2.47 bits per heavy atom. The van der Waals surface area contributed by atoms with E-state index in [-0.39, 0.29) is 38.7 Å². The summed E-state index contributed by atoms with van der Waals surface area (Å²) in [6.07, 6.45) is 0.338. The predicted molar refractivity (Wildman–Crippen MR) is 57.9 cm³/mol. The van der Waals surface area contributed by atoms with Crippen molar-refractivity contribution >= 4 is 20.9 Å². The number of hydrogen-bond acceptors (Lipinski definition) is 2. The Kier molecular flexibility index (Phi) is 13.9. The Hall–Kier alpha value is -0.0762. The molecule has 1 aromatic rings. The number of methoxy groups -OCH3 is 1. The molecule has 0 unspecified atom stereocenters. The molecule has 1 rings (SSSR count). The molecule has 0 fully saturated rings. The van der Waals surface area contributed by atoms with Gasteiger partial charge < -0.3 is 11.6 Å². The summed E-state index contributed by atoms with van der Waals surface area (Å²) in [4.78, 5) is 10.7. The van der Waals surface area contributed by atoms with Gasteiger partial charge in [-0.05, 0) is 7.74 Å². The summed E-state index contributed by atoms with van der Waals surface area (Å²) in [5, 5.41) is 0. The molecule has 0 aromatic heterocycles. The Morgan fingerprint density at radius 1 is 1.60 bits per heavy atom. The minimum atomic E-state index is -0.212. The van der Waals surface area contributed by atoms with E-state index in [0.29, 0.717) is 6.42 Å². The molecule has 74 valence electrons. The van der Waals surface area contributed by atoms with Crippen molar-refractivity contribution in [3.05, 3.63) is 42.7 Å². The second kappa shape index (κ2) is 12.0. The molecule has 0 N–H and O–H groups in total. The zero-order valence-corrected chi connectivity index (χ0v) is 11.6. The van der Waals surface area contributed by atoms with Crippen LogP contribution < -0.4 is 0 Å². The average molecular weight is 274 g/mol. The molecule has 4 radical (unpaired) electrons. The first-order valence-corrected chi connectivity index (χ1v) is 4.09. The molecule has 0 amide bonds. The third-order valence-electron chi connectivity index (χ3n) is 1.36. The van der Waals surface area contributed by atoms with Crippen molar-refractivity contribution in [3.8, 4) is 0 Å². The molecule has 0 atom stereocenters. The minimum absolute atomic E-state index is 0. The number of benzene rings is 1. The van der Waals surface area contributed by atoms with Crippen molar-refractivity contribution in [2.24, 2.45) is 0 Å². The Morgan fingerprint density at radius 2 is 2.07 bits per heavy atom. The van der Waals surface area contributed by atoms with Gasteiger partial charge in [-0.15, -0.1) is 5.56 Å². The van der Waals surface area contributed by atoms with E-state index >= 15 is 0 Å². The molecule has 15 heavy (non-hydrogen) atoms. The zero-order chi connectivity index (χ0) is 10.8. The van der Waals surface area contributed by atoms with Crippen LogP contribution in [-0.4, -0.2) is 28.0 Å². The van der Waals surface area contributed by atoms with Crippen LogP contribution in [0, 0.1) is 12.9 Å². The minimum Gasteiger partial charge on any atom is -0.469 e. The molecular formula is C10H11B2O2Y-2. The van der Waals surface area contributed by atoms with Crippen LogP contribution in [0.25, 0.3) is 0 Å². The molecule has 0 saturated heterocycles. The van der Waals surface area contributed by atoms with Gasteiger partial charge >= 0.3 is 5.97 Å². The van der Waals surface area contributed by atoms with Gasteiger partial charge in [0, 0.05) is 39.1 Å². The van der Waals surface area contributed by atoms with Crippen LogP contribution in [0.3, 0.4) is 0 Å². The molecule has 0 spiro atoms. The molecule has 2 nitrogen and oxygen atoms in total. The number of carbonyl (C=O) groups is 1. The summed E-state index contributed by atoms with van der Waals surface area (Å²) >= 11 is 0. The molecule has 0 aliphatic rings. The molecule has 5 heteroatoms. The maximum atomic E-state index is 10.7. The molecule has 0 saturated carbocycles. The maximum Gasteiger partial charge on any atom is 0.307 e. The van der Waals surface area contributed by atoms with E-state index in [0.717, 1.165) is 5.56 Å². The number of hydrogen-bond donors (Lipinski definition) is 0. The van der Waals surface area contributed by atoms with E-state index < -0.39 is 0 Å². The number of rotatable bonds is 2. The number of esters is 1. The van der Waals surface area contributed by atoms with Crippen LogP contribution in [0.2, 0.25) is 0 Å². The second-order valence-electron chi connectivity index (χ2n) is 2.40. The van der Waals surface area contributed by atoms with Gasteiger partial charge in [0.2, 0.25) is 0 Å². The van der Waals surface area contributed by atoms with Crippen molar-refractivity contribution in [3.63, 3.8) is 0 Å². The standard InChI is InChI=1S/C9H9O2.CH2B2.Y/c1-11-9(10)7-8-5-3-2-4-6-8;1-3-2;/h3-6H,7H2,1H3;1H2;/q2*-1;. The van der Waals surface area contributed by atoms with Crippen molar-refractivity contribution in [1.82, 2.24) is 0 Å². The molecule has 0 bridgehead atoms. The van der Waals surface area contributed by atoms with Crippen molar-refractivity contribution < 1.29 is 42.2 Å². The zero-order valence-electron chi connectivity index (χ0n) is 8.77. The number of carbonyl (C=O) groups excluding carboxylic acids is 1. The van der Waals surface area contributed by atoms with Gasteiger partial charge in [0.15, 0.2) is 0 Å². The fourth-order valence-electron chi connectivity index (χ4n) is 0.778. The van der Waals surface area contributed by atoms with E-state index in [1.807, 2.05) is 12.1 Å². The molecular weight excluding hydrogens is 263 g/mol. The van der Waals surface area contributed by atoms with Gasteiger partial charge in [-0.1, -0.05) is 0 Å². The number of ether oxygens (including phenoxy) is 1. The first-order chi connectivity index (χ1) is 6.74. The molecule has 0 aliphatic heterocycles. The Labute approximate surface area is 119 Å². The van der Waals surface area contributed by atoms with Gasteiger partial charge in [0.05, 0.1) is 7.11 Å². The smallest absolute Gasteiger partial charge is 0.307 e. The summed E-state index contributed by atoms with van der Waals surface area (Å²) in [5.74, 6) is -0.212. The SMILES string of the molecule is COC(=O)Cc1cc[c-]cc1.[B][B][CH2-].[Y]. The van der Waals surface area contributed by atoms with Crippen LogP contribution in [-0.2, 0) is 48.7 Å². The van der Waals surface area contributed by atoms with Crippen molar-refractivity contribution in [2.45, 2.75) is 6.42 Å². The van der Waals surface area contributed by atoms with Gasteiger partial charge in [0.1, 0.15) is 0 Å². The molecule has 0 heterocycles. The van der Waals surface area contributed by atoms with E-state index in [9.17, 15) is 4.79 Å².